The zero-order valence-electron chi connectivity index (χ0n) is 11.2. The molecule has 0 fully saturated rings. The average Bonchev–Trinajstić information content (AvgIpc) is 2.38. The van der Waals surface area contributed by atoms with Gasteiger partial charge in [0, 0.05) is 18.7 Å². The lowest BCUT2D eigenvalue weighted by atomic mass is 10.1. The maximum absolute atomic E-state index is 11.9. The number of benzene rings is 1. The minimum Gasteiger partial charge on any atom is -0.481 e. The standard InChI is InChI=1S/C14H19NO4/c1-3-12(8-13(16)17)15-14(18)11-6-4-10(5-7-11)9-19-2/h4-7,12H,3,8-9H2,1-2H3,(H,15,18)(H,16,17). The lowest BCUT2D eigenvalue weighted by Gasteiger charge is -2.14. The third kappa shape index (κ3) is 5.09. The Morgan fingerprint density at radius 1 is 1.32 bits per heavy atom. The van der Waals surface area contributed by atoms with Crippen LogP contribution in [0.2, 0.25) is 0 Å². The lowest BCUT2D eigenvalue weighted by molar-refractivity contribution is -0.137. The van der Waals surface area contributed by atoms with E-state index in [0.717, 1.165) is 5.56 Å². The quantitative estimate of drug-likeness (QED) is 0.788. The molecule has 0 spiro atoms. The first-order valence-corrected chi connectivity index (χ1v) is 6.17. The Morgan fingerprint density at radius 2 is 1.95 bits per heavy atom. The van der Waals surface area contributed by atoms with Crippen molar-refractivity contribution in [2.24, 2.45) is 0 Å². The van der Waals surface area contributed by atoms with Crippen molar-refractivity contribution in [3.63, 3.8) is 0 Å². The number of carboxylic acids is 1. The van der Waals surface area contributed by atoms with Gasteiger partial charge in [0.1, 0.15) is 0 Å². The second kappa shape index (κ2) is 7.53. The molecule has 2 N–H and O–H groups in total. The van der Waals surface area contributed by atoms with Gasteiger partial charge in [-0.1, -0.05) is 19.1 Å². The highest BCUT2D eigenvalue weighted by molar-refractivity contribution is 5.94. The van der Waals surface area contributed by atoms with Gasteiger partial charge in [-0.15, -0.1) is 0 Å². The Morgan fingerprint density at radius 3 is 2.42 bits per heavy atom. The molecule has 5 nitrogen and oxygen atoms in total. The van der Waals surface area contributed by atoms with Crippen LogP contribution in [-0.2, 0) is 16.1 Å². The van der Waals surface area contributed by atoms with E-state index in [4.69, 9.17) is 9.84 Å². The number of rotatable bonds is 7. The van der Waals surface area contributed by atoms with Crippen LogP contribution in [0.3, 0.4) is 0 Å². The molecule has 0 saturated heterocycles. The molecule has 1 rings (SSSR count). The van der Waals surface area contributed by atoms with Gasteiger partial charge in [-0.3, -0.25) is 9.59 Å². The van der Waals surface area contributed by atoms with Crippen LogP contribution in [0.25, 0.3) is 0 Å². The molecule has 0 aliphatic rings. The summed E-state index contributed by atoms with van der Waals surface area (Å²) in [5.41, 5.74) is 1.50. The van der Waals surface area contributed by atoms with Gasteiger partial charge in [0.05, 0.1) is 13.0 Å². The molecule has 1 atom stereocenters. The van der Waals surface area contributed by atoms with E-state index in [0.29, 0.717) is 18.6 Å². The summed E-state index contributed by atoms with van der Waals surface area (Å²) in [7, 11) is 1.61. The third-order valence-corrected chi connectivity index (χ3v) is 2.78. The number of hydrogen-bond acceptors (Lipinski definition) is 3. The molecule has 0 aromatic heterocycles. The maximum Gasteiger partial charge on any atom is 0.305 e. The van der Waals surface area contributed by atoms with E-state index >= 15 is 0 Å². The number of carbonyl (C=O) groups excluding carboxylic acids is 1. The number of methoxy groups -OCH3 is 1. The molecule has 0 aliphatic heterocycles. The first-order chi connectivity index (χ1) is 9.06. The van der Waals surface area contributed by atoms with Gasteiger partial charge >= 0.3 is 5.97 Å². The predicted molar refractivity (Wildman–Crippen MR) is 71.0 cm³/mol. The number of amides is 1. The van der Waals surface area contributed by atoms with Crippen molar-refractivity contribution in [2.45, 2.75) is 32.4 Å². The highest BCUT2D eigenvalue weighted by Crippen LogP contribution is 2.07. The molecule has 0 heterocycles. The summed E-state index contributed by atoms with van der Waals surface area (Å²) in [5.74, 6) is -1.17. The highest BCUT2D eigenvalue weighted by Gasteiger charge is 2.15. The number of carbonyl (C=O) groups is 2. The second-order valence-corrected chi connectivity index (χ2v) is 4.31. The molecule has 0 saturated carbocycles. The number of hydrogen-bond donors (Lipinski definition) is 2. The molecular formula is C14H19NO4. The van der Waals surface area contributed by atoms with E-state index in [1.54, 1.807) is 19.2 Å². The molecule has 1 aromatic rings. The Balaban J connectivity index is 2.63. The van der Waals surface area contributed by atoms with Crippen LogP contribution in [0, 0.1) is 0 Å². The average molecular weight is 265 g/mol. The molecular weight excluding hydrogens is 246 g/mol. The van der Waals surface area contributed by atoms with E-state index < -0.39 is 5.97 Å². The molecule has 104 valence electrons. The van der Waals surface area contributed by atoms with E-state index in [1.807, 2.05) is 19.1 Å². The van der Waals surface area contributed by atoms with E-state index in [9.17, 15) is 9.59 Å². The van der Waals surface area contributed by atoms with Crippen LogP contribution in [0.15, 0.2) is 24.3 Å². The number of aliphatic carboxylic acids is 1. The van der Waals surface area contributed by atoms with Crippen molar-refractivity contribution in [3.8, 4) is 0 Å². The van der Waals surface area contributed by atoms with Crippen molar-refractivity contribution < 1.29 is 19.4 Å². The lowest BCUT2D eigenvalue weighted by Crippen LogP contribution is -2.36. The summed E-state index contributed by atoms with van der Waals surface area (Å²) in [6, 6.07) is 6.70. The number of ether oxygens (including phenoxy) is 1. The van der Waals surface area contributed by atoms with Gasteiger partial charge in [-0.2, -0.15) is 0 Å². The van der Waals surface area contributed by atoms with Gasteiger partial charge < -0.3 is 15.2 Å². The normalized spacial score (nSPS) is 11.9. The summed E-state index contributed by atoms with van der Waals surface area (Å²) in [6.45, 7) is 2.34. The van der Waals surface area contributed by atoms with Crippen molar-refractivity contribution in [3.05, 3.63) is 35.4 Å². The highest BCUT2D eigenvalue weighted by atomic mass is 16.5. The smallest absolute Gasteiger partial charge is 0.305 e. The fourth-order valence-corrected chi connectivity index (χ4v) is 1.70. The molecule has 5 heteroatoms. The zero-order valence-corrected chi connectivity index (χ0v) is 11.2. The van der Waals surface area contributed by atoms with Crippen LogP contribution < -0.4 is 5.32 Å². The Bertz CT molecular complexity index is 428. The first-order valence-electron chi connectivity index (χ1n) is 6.17. The van der Waals surface area contributed by atoms with Crippen molar-refractivity contribution >= 4 is 11.9 Å². The van der Waals surface area contributed by atoms with Gasteiger partial charge in [0.25, 0.3) is 5.91 Å². The summed E-state index contributed by atoms with van der Waals surface area (Å²) in [4.78, 5) is 22.6. The Kier molecular flexibility index (Phi) is 6.02. The van der Waals surface area contributed by atoms with E-state index in [-0.39, 0.29) is 18.4 Å². The Hall–Kier alpha value is -1.88. The SMILES string of the molecule is CCC(CC(=O)O)NC(=O)c1ccc(COC)cc1. The summed E-state index contributed by atoms with van der Waals surface area (Å²) >= 11 is 0. The molecule has 1 aromatic carbocycles. The molecule has 0 aliphatic carbocycles. The van der Waals surface area contributed by atoms with Crippen molar-refractivity contribution in [2.75, 3.05) is 7.11 Å². The zero-order chi connectivity index (χ0) is 14.3. The fourth-order valence-electron chi connectivity index (χ4n) is 1.70. The first kappa shape index (κ1) is 15.2. The largest absolute Gasteiger partial charge is 0.481 e. The molecule has 0 bridgehead atoms. The maximum atomic E-state index is 11.9. The number of carboxylic acid groups (broad SMARTS) is 1. The van der Waals surface area contributed by atoms with Gasteiger partial charge in [-0.25, -0.2) is 0 Å². The molecule has 0 radical (unpaired) electrons. The topological polar surface area (TPSA) is 75.6 Å². The minimum atomic E-state index is -0.914. The molecule has 1 amide bonds. The third-order valence-electron chi connectivity index (χ3n) is 2.78. The van der Waals surface area contributed by atoms with Gasteiger partial charge in [0.15, 0.2) is 0 Å². The van der Waals surface area contributed by atoms with Crippen LogP contribution >= 0.6 is 0 Å². The van der Waals surface area contributed by atoms with E-state index in [2.05, 4.69) is 5.32 Å². The molecule has 1 unspecified atom stereocenters. The van der Waals surface area contributed by atoms with Gasteiger partial charge in [0.2, 0.25) is 0 Å². The summed E-state index contributed by atoms with van der Waals surface area (Å²) in [5, 5.41) is 11.4. The monoisotopic (exact) mass is 265 g/mol. The van der Waals surface area contributed by atoms with Crippen LogP contribution in [-0.4, -0.2) is 30.1 Å². The van der Waals surface area contributed by atoms with Crippen molar-refractivity contribution in [1.29, 1.82) is 0 Å². The summed E-state index contributed by atoms with van der Waals surface area (Å²) < 4.78 is 4.99. The van der Waals surface area contributed by atoms with Crippen molar-refractivity contribution in [1.82, 2.24) is 5.32 Å². The van der Waals surface area contributed by atoms with Gasteiger partial charge in [-0.05, 0) is 24.1 Å². The van der Waals surface area contributed by atoms with Crippen LogP contribution in [0.5, 0.6) is 0 Å². The number of nitrogens with one attached hydrogen (secondary N) is 1. The van der Waals surface area contributed by atoms with Crippen LogP contribution in [0.4, 0.5) is 0 Å². The Labute approximate surface area is 112 Å². The predicted octanol–water partition coefficient (Wildman–Crippen LogP) is 1.82. The second-order valence-electron chi connectivity index (χ2n) is 4.31. The summed E-state index contributed by atoms with van der Waals surface area (Å²) in [6.07, 6.45) is 0.518. The van der Waals surface area contributed by atoms with E-state index in [1.165, 1.54) is 0 Å². The minimum absolute atomic E-state index is 0.0655. The molecule has 19 heavy (non-hydrogen) atoms. The fraction of sp³-hybridized carbons (Fsp3) is 0.429. The van der Waals surface area contributed by atoms with Crippen LogP contribution in [0.1, 0.15) is 35.7 Å².